The molecule has 1 heterocycles. The molecule has 0 saturated carbocycles. The molecule has 1 rings (SSSR count). The van der Waals surface area contributed by atoms with Gasteiger partial charge in [0, 0.05) is 36.9 Å². The molecule has 0 radical (unpaired) electrons. The molecule has 43 heavy (non-hydrogen) atoms. The summed E-state index contributed by atoms with van der Waals surface area (Å²) in [6.07, 6.45) is 4.78. The van der Waals surface area contributed by atoms with E-state index in [0.29, 0.717) is 76.8 Å². The molecule has 0 spiro atoms. The highest BCUT2D eigenvalue weighted by Crippen LogP contribution is 2.49. The Morgan fingerprint density at radius 1 is 0.674 bits per heavy atom. The molecule has 0 aliphatic carbocycles. The van der Waals surface area contributed by atoms with E-state index in [9.17, 15) is 18.7 Å². The molecule has 0 fully saturated rings. The molecule has 12 nitrogen and oxygen atoms in total. The number of hydrogen-bond donors (Lipinski definition) is 0. The number of hydrogen-bond acceptors (Lipinski definition) is 10. The third kappa shape index (κ3) is 13.8. The average molecular weight is 653 g/mol. The van der Waals surface area contributed by atoms with Crippen LogP contribution in [0, 0.1) is 6.92 Å². The number of aryl methyl sites for hydroxylation is 1. The van der Waals surface area contributed by atoms with Gasteiger partial charge in [-0.15, -0.1) is 0 Å². The summed E-state index contributed by atoms with van der Waals surface area (Å²) in [5.41, 5.74) is 0.0342. The molecule has 0 N–H and O–H groups in total. The van der Waals surface area contributed by atoms with E-state index in [-0.39, 0.29) is 23.3 Å². The summed E-state index contributed by atoms with van der Waals surface area (Å²) in [4.78, 5) is 30.4. The maximum absolute atomic E-state index is 13.4. The van der Waals surface area contributed by atoms with Crippen molar-refractivity contribution < 1.29 is 27.2 Å². The van der Waals surface area contributed by atoms with E-state index < -0.39 is 15.2 Å². The average Bonchev–Trinajstić information content (AvgIpc) is 2.91. The molecule has 0 aliphatic heterocycles. The van der Waals surface area contributed by atoms with Gasteiger partial charge in [0.15, 0.2) is 0 Å². The van der Waals surface area contributed by atoms with Gasteiger partial charge in [0.25, 0.3) is 5.56 Å². The Morgan fingerprint density at radius 2 is 1.05 bits per heavy atom. The fourth-order valence-electron chi connectivity index (χ4n) is 5.23. The Hall–Kier alpha value is -1.10. The van der Waals surface area contributed by atoms with Crippen molar-refractivity contribution in [3.8, 4) is 0 Å². The first-order valence-electron chi connectivity index (χ1n) is 15.7. The van der Waals surface area contributed by atoms with Crippen molar-refractivity contribution in [2.45, 2.75) is 98.3 Å². The van der Waals surface area contributed by atoms with Crippen LogP contribution in [0.5, 0.6) is 0 Å². The smallest absolute Gasteiger partial charge is 0.309 e. The highest BCUT2D eigenvalue weighted by Gasteiger charge is 2.27. The van der Waals surface area contributed by atoms with Crippen LogP contribution in [0.1, 0.15) is 71.9 Å². The summed E-state index contributed by atoms with van der Waals surface area (Å²) in [5.74, 6) is 0. The fraction of sp³-hybridized carbons (Fsp3) is 0.862. The Balaban J connectivity index is 2.87. The quantitative estimate of drug-likeness (QED) is 0.140. The first-order valence-corrected chi connectivity index (χ1v) is 19.1. The summed E-state index contributed by atoms with van der Waals surface area (Å²) >= 11 is 0. The normalized spacial score (nSPS) is 14.1. The van der Waals surface area contributed by atoms with Gasteiger partial charge < -0.3 is 27.9 Å². The van der Waals surface area contributed by atoms with E-state index in [1.165, 1.54) is 10.6 Å². The highest BCUT2D eigenvalue weighted by atomic mass is 31.2. The third-order valence-corrected chi connectivity index (χ3v) is 11.8. The van der Waals surface area contributed by atoms with Crippen LogP contribution in [0.25, 0.3) is 0 Å². The minimum Gasteiger partial charge on any atom is -0.309 e. The molecule has 14 heteroatoms. The van der Waals surface area contributed by atoms with Crippen LogP contribution in [0.4, 0.5) is 0 Å². The minimum absolute atomic E-state index is 0.0985. The maximum Gasteiger partial charge on any atom is 0.331 e. The van der Waals surface area contributed by atoms with Gasteiger partial charge in [-0.2, -0.15) is 0 Å². The van der Waals surface area contributed by atoms with Crippen molar-refractivity contribution in [1.82, 2.24) is 18.9 Å². The van der Waals surface area contributed by atoms with Gasteiger partial charge in [-0.3, -0.25) is 23.1 Å². The predicted molar refractivity (Wildman–Crippen MR) is 174 cm³/mol. The zero-order chi connectivity index (χ0) is 32.6. The molecule has 1 aromatic heterocycles. The van der Waals surface area contributed by atoms with Crippen LogP contribution in [-0.2, 0) is 40.3 Å². The fourth-order valence-corrected chi connectivity index (χ4v) is 8.70. The second kappa shape index (κ2) is 20.1. The van der Waals surface area contributed by atoms with Crippen molar-refractivity contribution >= 4 is 15.2 Å². The number of rotatable bonds is 24. The zero-order valence-corrected chi connectivity index (χ0v) is 29.9. The molecular weight excluding hydrogens is 594 g/mol. The Bertz CT molecular complexity index is 1130. The lowest BCUT2D eigenvalue weighted by atomic mass is 10.1. The molecule has 0 aromatic carbocycles. The zero-order valence-electron chi connectivity index (χ0n) is 28.1. The molecule has 2 unspecified atom stereocenters. The summed E-state index contributed by atoms with van der Waals surface area (Å²) in [7, 11) is 1.65. The van der Waals surface area contributed by atoms with Crippen molar-refractivity contribution in [3.63, 3.8) is 0 Å². The van der Waals surface area contributed by atoms with E-state index in [2.05, 4.69) is 9.80 Å². The summed E-state index contributed by atoms with van der Waals surface area (Å²) in [6, 6.07) is 1.76. The van der Waals surface area contributed by atoms with Crippen LogP contribution >= 0.6 is 15.2 Å². The lowest BCUT2D eigenvalue weighted by Crippen LogP contribution is -2.41. The maximum atomic E-state index is 13.4. The monoisotopic (exact) mass is 652 g/mol. The highest BCUT2D eigenvalue weighted by molar-refractivity contribution is 7.54. The topological polar surface area (TPSA) is 122 Å². The van der Waals surface area contributed by atoms with Crippen molar-refractivity contribution in [2.24, 2.45) is 0 Å². The van der Waals surface area contributed by atoms with Gasteiger partial charge in [0.2, 0.25) is 0 Å². The summed E-state index contributed by atoms with van der Waals surface area (Å²) in [5, 5.41) is 0. The van der Waals surface area contributed by atoms with Crippen molar-refractivity contribution in [2.75, 3.05) is 66.9 Å². The van der Waals surface area contributed by atoms with Crippen LogP contribution in [-0.4, -0.2) is 98.0 Å². The predicted octanol–water partition coefficient (Wildman–Crippen LogP) is 5.05. The van der Waals surface area contributed by atoms with E-state index in [4.69, 9.17) is 18.1 Å². The Morgan fingerprint density at radius 3 is 1.40 bits per heavy atom. The minimum atomic E-state index is -3.14. The Kier molecular flexibility index (Phi) is 18.7. The van der Waals surface area contributed by atoms with Crippen LogP contribution in [0.3, 0.4) is 0 Å². The molecule has 0 aliphatic rings. The standard InChI is InChI=1S/C29H58N4O8P2/c1-10-38-42(36,39-11-2)22-18-26(30(6)7)16-14-20-32-25(5)24-28(34)33(29(32)35)21-15-17-27(31(8)9)19-23-43(37,40-12-3)41-13-4/h24,26-27H,10-23H2,1-9H3. The van der Waals surface area contributed by atoms with E-state index in [1.54, 1.807) is 39.2 Å². The van der Waals surface area contributed by atoms with Crippen molar-refractivity contribution in [1.29, 1.82) is 0 Å². The van der Waals surface area contributed by atoms with Gasteiger partial charge in [-0.25, -0.2) is 4.79 Å². The van der Waals surface area contributed by atoms with Crippen LogP contribution in [0.15, 0.2) is 15.7 Å². The largest absolute Gasteiger partial charge is 0.331 e. The molecule has 0 bridgehead atoms. The second-order valence-electron chi connectivity index (χ2n) is 11.1. The molecule has 0 saturated heterocycles. The first-order chi connectivity index (χ1) is 20.3. The third-order valence-electron chi connectivity index (χ3n) is 7.56. The molecule has 1 aromatic rings. The first kappa shape index (κ1) is 39.9. The molecule has 2 atom stereocenters. The van der Waals surface area contributed by atoms with E-state index in [1.807, 2.05) is 28.2 Å². The second-order valence-corrected chi connectivity index (χ2v) is 15.5. The van der Waals surface area contributed by atoms with Gasteiger partial charge in [0.05, 0.1) is 38.8 Å². The molecular formula is C29H58N4O8P2. The summed E-state index contributed by atoms with van der Waals surface area (Å²) < 4.78 is 50.6. The molecule has 0 amide bonds. The Labute approximate surface area is 259 Å². The van der Waals surface area contributed by atoms with Crippen LogP contribution in [0.2, 0.25) is 0 Å². The van der Waals surface area contributed by atoms with Gasteiger partial charge in [-0.1, -0.05) is 0 Å². The summed E-state index contributed by atoms with van der Waals surface area (Å²) in [6.45, 7) is 11.1. The van der Waals surface area contributed by atoms with Crippen LogP contribution < -0.4 is 11.2 Å². The number of nitrogens with zero attached hydrogens (tertiary/aromatic N) is 4. The lowest BCUT2D eigenvalue weighted by Gasteiger charge is -2.27. The van der Waals surface area contributed by atoms with E-state index in [0.717, 1.165) is 19.3 Å². The lowest BCUT2D eigenvalue weighted by molar-refractivity contribution is 0.210. The van der Waals surface area contributed by atoms with Gasteiger partial charge >= 0.3 is 20.9 Å². The van der Waals surface area contributed by atoms with Gasteiger partial charge in [-0.05, 0) is 101 Å². The van der Waals surface area contributed by atoms with E-state index >= 15 is 0 Å². The number of aromatic nitrogens is 2. The molecule has 252 valence electrons. The van der Waals surface area contributed by atoms with Crippen molar-refractivity contribution in [3.05, 3.63) is 32.6 Å². The SMILES string of the molecule is CCOP(=O)(CCC(CCCn1c(C)cc(=O)n(CCCC(CCP(=O)(OCC)OCC)N(C)C)c1=O)N(C)C)OCC. The van der Waals surface area contributed by atoms with Gasteiger partial charge in [0.1, 0.15) is 0 Å².